The number of benzene rings is 1. The van der Waals surface area contributed by atoms with Crippen molar-refractivity contribution in [1.29, 1.82) is 0 Å². The summed E-state index contributed by atoms with van der Waals surface area (Å²) in [4.78, 5) is 13.0. The van der Waals surface area contributed by atoms with Gasteiger partial charge in [0.1, 0.15) is 5.82 Å². The Kier molecular flexibility index (Phi) is 3.89. The monoisotopic (exact) mass is 275 g/mol. The molecule has 0 aromatic heterocycles. The Morgan fingerprint density at radius 3 is 2.26 bits per heavy atom. The molecular weight excluding hydrogens is 262 g/mol. The smallest absolute Gasteiger partial charge is 0.293 e. The Labute approximate surface area is 108 Å². The zero-order valence-corrected chi connectivity index (χ0v) is 10.1. The fraction of sp³-hybridized carbons (Fsp3) is 0.462. The number of nitrogens with zero attached hydrogens (tertiary/aromatic N) is 1. The van der Waals surface area contributed by atoms with E-state index in [9.17, 15) is 22.4 Å². The molecule has 1 aliphatic carbocycles. The van der Waals surface area contributed by atoms with E-state index in [1.165, 1.54) is 12.1 Å². The molecule has 1 aromatic carbocycles. The van der Waals surface area contributed by atoms with Crippen molar-refractivity contribution >= 4 is 5.78 Å². The zero-order chi connectivity index (χ0) is 14.0. The molecule has 6 heteroatoms. The quantitative estimate of drug-likeness (QED) is 0.608. The molecule has 2 rings (SSSR count). The van der Waals surface area contributed by atoms with Gasteiger partial charge in [-0.2, -0.15) is 13.2 Å². The highest BCUT2D eigenvalue weighted by Crippen LogP contribution is 2.30. The molecule has 0 N–H and O–H groups in total. The van der Waals surface area contributed by atoms with Crippen LogP contribution in [0.3, 0.4) is 0 Å². The summed E-state index contributed by atoms with van der Waals surface area (Å²) < 4.78 is 49.9. The highest BCUT2D eigenvalue weighted by atomic mass is 19.4. The topological polar surface area (TPSA) is 20.3 Å². The molecule has 0 bridgehead atoms. The second-order valence-corrected chi connectivity index (χ2v) is 4.68. The molecular formula is C13H13F4NO. The van der Waals surface area contributed by atoms with Crippen molar-refractivity contribution in [3.05, 3.63) is 35.6 Å². The molecule has 0 atom stereocenters. The SMILES string of the molecule is O=C(CN(CC(F)(F)F)C1CC1)c1ccc(F)cc1. The fourth-order valence-corrected chi connectivity index (χ4v) is 1.90. The second-order valence-electron chi connectivity index (χ2n) is 4.68. The van der Waals surface area contributed by atoms with Gasteiger partial charge in [-0.05, 0) is 37.1 Å². The van der Waals surface area contributed by atoms with E-state index < -0.39 is 24.3 Å². The van der Waals surface area contributed by atoms with Gasteiger partial charge < -0.3 is 0 Å². The first-order chi connectivity index (χ1) is 8.85. The minimum absolute atomic E-state index is 0.161. The van der Waals surface area contributed by atoms with Gasteiger partial charge in [0.2, 0.25) is 0 Å². The number of halogens is 4. The second kappa shape index (κ2) is 5.28. The summed E-state index contributed by atoms with van der Waals surface area (Å²) in [6.45, 7) is -1.36. The molecule has 2 nitrogen and oxygen atoms in total. The highest BCUT2D eigenvalue weighted by Gasteiger charge is 2.38. The van der Waals surface area contributed by atoms with Gasteiger partial charge in [-0.3, -0.25) is 9.69 Å². The van der Waals surface area contributed by atoms with Gasteiger partial charge >= 0.3 is 6.18 Å². The van der Waals surface area contributed by atoms with Crippen LogP contribution in [0.1, 0.15) is 23.2 Å². The van der Waals surface area contributed by atoms with E-state index in [1.807, 2.05) is 0 Å². The van der Waals surface area contributed by atoms with Crippen molar-refractivity contribution < 1.29 is 22.4 Å². The molecule has 0 amide bonds. The molecule has 0 heterocycles. The lowest BCUT2D eigenvalue weighted by atomic mass is 10.1. The van der Waals surface area contributed by atoms with Gasteiger partial charge in [-0.25, -0.2) is 4.39 Å². The summed E-state index contributed by atoms with van der Waals surface area (Å²) in [5, 5.41) is 0. The van der Waals surface area contributed by atoms with Gasteiger partial charge in [0.25, 0.3) is 0 Å². The summed E-state index contributed by atoms with van der Waals surface area (Å²) in [6.07, 6.45) is -2.94. The lowest BCUT2D eigenvalue weighted by Gasteiger charge is -2.22. The standard InChI is InChI=1S/C13H13F4NO/c14-10-3-1-9(2-4-10)12(19)7-18(11-5-6-11)8-13(15,16)17/h1-4,11H,5-8H2. The molecule has 0 spiro atoms. The van der Waals surface area contributed by atoms with Crippen LogP contribution in [0.15, 0.2) is 24.3 Å². The van der Waals surface area contributed by atoms with Crippen LogP contribution in [-0.2, 0) is 0 Å². The van der Waals surface area contributed by atoms with Crippen LogP contribution >= 0.6 is 0 Å². The third-order valence-electron chi connectivity index (χ3n) is 2.96. The molecule has 0 saturated heterocycles. The zero-order valence-electron chi connectivity index (χ0n) is 10.1. The van der Waals surface area contributed by atoms with Gasteiger partial charge in [0, 0.05) is 11.6 Å². The first-order valence-corrected chi connectivity index (χ1v) is 5.95. The number of rotatable bonds is 5. The Hall–Kier alpha value is -1.43. The van der Waals surface area contributed by atoms with Crippen LogP contribution < -0.4 is 0 Å². The third-order valence-corrected chi connectivity index (χ3v) is 2.96. The molecule has 1 aliphatic rings. The van der Waals surface area contributed by atoms with E-state index in [0.29, 0.717) is 12.8 Å². The molecule has 0 unspecified atom stereocenters. The van der Waals surface area contributed by atoms with Crippen molar-refractivity contribution in [2.24, 2.45) is 0 Å². The van der Waals surface area contributed by atoms with E-state index in [4.69, 9.17) is 0 Å². The summed E-state index contributed by atoms with van der Waals surface area (Å²) in [5.41, 5.74) is 0.231. The average molecular weight is 275 g/mol. The largest absolute Gasteiger partial charge is 0.401 e. The number of Topliss-reactive ketones (excluding diaryl/α,β-unsaturated/α-hetero) is 1. The lowest BCUT2D eigenvalue weighted by molar-refractivity contribution is -0.145. The third kappa shape index (κ3) is 4.31. The van der Waals surface area contributed by atoms with E-state index in [1.54, 1.807) is 0 Å². The molecule has 1 aromatic rings. The first kappa shape index (κ1) is 14.0. The van der Waals surface area contributed by atoms with E-state index in [2.05, 4.69) is 0 Å². The Bertz CT molecular complexity index is 451. The summed E-state index contributed by atoms with van der Waals surface area (Å²) in [7, 11) is 0. The maximum atomic E-state index is 12.7. The average Bonchev–Trinajstić information content (AvgIpc) is 3.10. The molecule has 0 radical (unpaired) electrons. The highest BCUT2D eigenvalue weighted by molar-refractivity contribution is 5.97. The number of hydrogen-bond donors (Lipinski definition) is 0. The summed E-state index contributed by atoms with van der Waals surface area (Å²) in [5.74, 6) is -0.901. The normalized spacial score (nSPS) is 15.8. The van der Waals surface area contributed by atoms with Crippen molar-refractivity contribution in [1.82, 2.24) is 4.90 Å². The molecule has 104 valence electrons. The van der Waals surface area contributed by atoms with Crippen LogP contribution in [0.2, 0.25) is 0 Å². The van der Waals surface area contributed by atoms with Crippen LogP contribution in [0.5, 0.6) is 0 Å². The van der Waals surface area contributed by atoms with E-state index in [-0.39, 0.29) is 18.2 Å². The molecule has 1 saturated carbocycles. The van der Waals surface area contributed by atoms with Crippen molar-refractivity contribution in [3.63, 3.8) is 0 Å². The number of hydrogen-bond acceptors (Lipinski definition) is 2. The number of carbonyl (C=O) groups is 1. The predicted molar refractivity (Wildman–Crippen MR) is 61.4 cm³/mol. The predicted octanol–water partition coefficient (Wildman–Crippen LogP) is 3.04. The van der Waals surface area contributed by atoms with Crippen LogP contribution in [0.4, 0.5) is 17.6 Å². The molecule has 19 heavy (non-hydrogen) atoms. The Balaban J connectivity index is 2.00. The van der Waals surface area contributed by atoms with Crippen molar-refractivity contribution in [2.45, 2.75) is 25.1 Å². The van der Waals surface area contributed by atoms with E-state index >= 15 is 0 Å². The fourth-order valence-electron chi connectivity index (χ4n) is 1.90. The summed E-state index contributed by atoms with van der Waals surface area (Å²) in [6, 6.07) is 4.66. The van der Waals surface area contributed by atoms with Crippen LogP contribution in [0.25, 0.3) is 0 Å². The van der Waals surface area contributed by atoms with Crippen LogP contribution in [-0.4, -0.2) is 36.0 Å². The van der Waals surface area contributed by atoms with Gasteiger partial charge in [-0.15, -0.1) is 0 Å². The van der Waals surface area contributed by atoms with E-state index in [0.717, 1.165) is 17.0 Å². The Morgan fingerprint density at radius 1 is 1.21 bits per heavy atom. The minimum Gasteiger partial charge on any atom is -0.293 e. The summed E-state index contributed by atoms with van der Waals surface area (Å²) >= 11 is 0. The number of ketones is 1. The minimum atomic E-state index is -4.31. The molecule has 0 aliphatic heterocycles. The number of carbonyl (C=O) groups excluding carboxylic acids is 1. The van der Waals surface area contributed by atoms with Crippen molar-refractivity contribution in [2.75, 3.05) is 13.1 Å². The van der Waals surface area contributed by atoms with Crippen molar-refractivity contribution in [3.8, 4) is 0 Å². The Morgan fingerprint density at radius 2 is 1.79 bits per heavy atom. The maximum absolute atomic E-state index is 12.7. The molecule has 1 fully saturated rings. The van der Waals surface area contributed by atoms with Gasteiger partial charge in [0.05, 0.1) is 13.1 Å². The first-order valence-electron chi connectivity index (χ1n) is 5.95. The van der Waals surface area contributed by atoms with Crippen LogP contribution in [0, 0.1) is 5.82 Å². The lowest BCUT2D eigenvalue weighted by Crippen LogP contribution is -2.39. The maximum Gasteiger partial charge on any atom is 0.401 e. The van der Waals surface area contributed by atoms with Gasteiger partial charge in [0.15, 0.2) is 5.78 Å². The number of alkyl halides is 3. The van der Waals surface area contributed by atoms with Gasteiger partial charge in [-0.1, -0.05) is 0 Å².